The molecular weight excluding hydrogens is 233 g/mol. The Kier molecular flexibility index (Phi) is 4.27. The Balaban J connectivity index is 3.15. The highest BCUT2D eigenvalue weighted by Crippen LogP contribution is 2.19. The van der Waals surface area contributed by atoms with Gasteiger partial charge in [-0.05, 0) is 5.56 Å². The summed E-state index contributed by atoms with van der Waals surface area (Å²) in [5.74, 6) is -1.20. The number of rotatable bonds is 3. The largest absolute Gasteiger partial charge is 0.469 e. The van der Waals surface area contributed by atoms with Gasteiger partial charge in [0.05, 0.1) is 19.1 Å². The summed E-state index contributed by atoms with van der Waals surface area (Å²) in [5.41, 5.74) is 0.434. The standard InChI is InChI=1S/C11H9ClFNO2/c1-16-10(15)4-7-2-3-8(5-12)9(6-14)11(7)13/h2-3H,4-5H2,1H3. The normalized spacial score (nSPS) is 9.62. The number of alkyl halides is 1. The predicted octanol–water partition coefficient (Wildman–Crippen LogP) is 2.15. The highest BCUT2D eigenvalue weighted by Gasteiger charge is 2.15. The molecule has 0 heterocycles. The lowest BCUT2D eigenvalue weighted by molar-refractivity contribution is -0.139. The van der Waals surface area contributed by atoms with Gasteiger partial charge in [0.15, 0.2) is 0 Å². The van der Waals surface area contributed by atoms with E-state index in [0.29, 0.717) is 5.56 Å². The zero-order valence-corrected chi connectivity index (χ0v) is 9.34. The molecule has 0 aliphatic rings. The van der Waals surface area contributed by atoms with Crippen LogP contribution in [0, 0.1) is 17.1 Å². The third-order valence-electron chi connectivity index (χ3n) is 2.13. The number of nitrogens with zero attached hydrogens (tertiary/aromatic N) is 1. The monoisotopic (exact) mass is 241 g/mol. The van der Waals surface area contributed by atoms with Crippen LogP contribution in [0.15, 0.2) is 12.1 Å². The molecule has 0 saturated carbocycles. The summed E-state index contributed by atoms with van der Waals surface area (Å²) in [7, 11) is 1.22. The van der Waals surface area contributed by atoms with Crippen LogP contribution >= 0.6 is 11.6 Å². The smallest absolute Gasteiger partial charge is 0.310 e. The second-order valence-electron chi connectivity index (χ2n) is 3.07. The van der Waals surface area contributed by atoms with E-state index in [2.05, 4.69) is 4.74 Å². The topological polar surface area (TPSA) is 50.1 Å². The van der Waals surface area contributed by atoms with Crippen molar-refractivity contribution in [2.45, 2.75) is 12.3 Å². The Morgan fingerprint density at radius 2 is 2.19 bits per heavy atom. The summed E-state index contributed by atoms with van der Waals surface area (Å²) >= 11 is 5.56. The maximum atomic E-state index is 13.7. The minimum Gasteiger partial charge on any atom is -0.469 e. The summed E-state index contributed by atoms with van der Waals surface area (Å²) in [6, 6.07) is 4.70. The third-order valence-corrected chi connectivity index (χ3v) is 2.41. The van der Waals surface area contributed by atoms with Crippen molar-refractivity contribution >= 4 is 17.6 Å². The van der Waals surface area contributed by atoms with E-state index in [1.54, 1.807) is 6.07 Å². The van der Waals surface area contributed by atoms with Gasteiger partial charge in [-0.15, -0.1) is 11.6 Å². The van der Waals surface area contributed by atoms with Gasteiger partial charge in [-0.1, -0.05) is 12.1 Å². The highest BCUT2D eigenvalue weighted by atomic mass is 35.5. The molecular formula is C11H9ClFNO2. The van der Waals surface area contributed by atoms with Crippen LogP contribution in [0.2, 0.25) is 0 Å². The van der Waals surface area contributed by atoms with E-state index in [1.165, 1.54) is 19.2 Å². The maximum absolute atomic E-state index is 13.7. The molecule has 0 fully saturated rings. The van der Waals surface area contributed by atoms with E-state index in [-0.39, 0.29) is 23.4 Å². The molecule has 1 aromatic carbocycles. The van der Waals surface area contributed by atoms with Gasteiger partial charge in [0.1, 0.15) is 11.9 Å². The number of hydrogen-bond acceptors (Lipinski definition) is 3. The molecule has 0 spiro atoms. The van der Waals surface area contributed by atoms with Crippen molar-refractivity contribution in [3.05, 3.63) is 34.6 Å². The molecule has 0 radical (unpaired) electrons. The molecule has 16 heavy (non-hydrogen) atoms. The molecule has 1 aromatic rings. The Morgan fingerprint density at radius 1 is 1.56 bits per heavy atom. The van der Waals surface area contributed by atoms with Gasteiger partial charge in [0, 0.05) is 11.4 Å². The van der Waals surface area contributed by atoms with Crippen molar-refractivity contribution in [2.75, 3.05) is 7.11 Å². The number of ether oxygens (including phenoxy) is 1. The van der Waals surface area contributed by atoms with Crippen LogP contribution in [-0.4, -0.2) is 13.1 Å². The van der Waals surface area contributed by atoms with Gasteiger partial charge in [-0.2, -0.15) is 5.26 Å². The SMILES string of the molecule is COC(=O)Cc1ccc(CCl)c(C#N)c1F. The predicted molar refractivity (Wildman–Crippen MR) is 56.4 cm³/mol. The van der Waals surface area contributed by atoms with Crippen LogP contribution in [0.5, 0.6) is 0 Å². The molecule has 3 nitrogen and oxygen atoms in total. The molecule has 0 amide bonds. The van der Waals surface area contributed by atoms with Crippen molar-refractivity contribution in [3.63, 3.8) is 0 Å². The number of carbonyl (C=O) groups is 1. The second-order valence-corrected chi connectivity index (χ2v) is 3.34. The van der Waals surface area contributed by atoms with E-state index in [0.717, 1.165) is 0 Å². The van der Waals surface area contributed by atoms with Crippen LogP contribution < -0.4 is 0 Å². The van der Waals surface area contributed by atoms with Gasteiger partial charge in [-0.25, -0.2) is 4.39 Å². The van der Waals surface area contributed by atoms with Gasteiger partial charge in [-0.3, -0.25) is 4.79 Å². The van der Waals surface area contributed by atoms with Crippen molar-refractivity contribution in [3.8, 4) is 6.07 Å². The van der Waals surface area contributed by atoms with E-state index < -0.39 is 11.8 Å². The maximum Gasteiger partial charge on any atom is 0.310 e. The highest BCUT2D eigenvalue weighted by molar-refractivity contribution is 6.17. The molecule has 84 valence electrons. The van der Waals surface area contributed by atoms with Crippen molar-refractivity contribution < 1.29 is 13.9 Å². The number of benzene rings is 1. The molecule has 0 N–H and O–H groups in total. The summed E-state index contributed by atoms with van der Waals surface area (Å²) in [4.78, 5) is 11.0. The Labute approximate surface area is 97.4 Å². The third kappa shape index (κ3) is 2.50. The van der Waals surface area contributed by atoms with Crippen molar-refractivity contribution in [2.24, 2.45) is 0 Å². The summed E-state index contributed by atoms with van der Waals surface area (Å²) in [5, 5.41) is 8.78. The lowest BCUT2D eigenvalue weighted by Gasteiger charge is -2.06. The first-order valence-electron chi connectivity index (χ1n) is 4.47. The molecule has 0 aliphatic carbocycles. The molecule has 0 bridgehead atoms. The van der Waals surface area contributed by atoms with Gasteiger partial charge in [0.25, 0.3) is 0 Å². The Bertz CT molecular complexity index is 454. The molecule has 5 heteroatoms. The zero-order chi connectivity index (χ0) is 12.1. The van der Waals surface area contributed by atoms with Gasteiger partial charge < -0.3 is 4.74 Å². The number of esters is 1. The minimum absolute atomic E-state index is 0.0539. The number of carbonyl (C=O) groups excluding carboxylic acids is 1. The molecule has 0 aliphatic heterocycles. The summed E-state index contributed by atoms with van der Waals surface area (Å²) < 4.78 is 18.2. The number of methoxy groups -OCH3 is 1. The second kappa shape index (κ2) is 5.47. The molecule has 0 atom stereocenters. The fourth-order valence-corrected chi connectivity index (χ4v) is 1.48. The first-order valence-corrected chi connectivity index (χ1v) is 5.00. The summed E-state index contributed by atoms with van der Waals surface area (Å²) in [6.45, 7) is 0. The first-order chi connectivity index (χ1) is 7.63. The first kappa shape index (κ1) is 12.5. The van der Waals surface area contributed by atoms with Crippen LogP contribution in [-0.2, 0) is 21.8 Å². The van der Waals surface area contributed by atoms with E-state index in [9.17, 15) is 9.18 Å². The lowest BCUT2D eigenvalue weighted by Crippen LogP contribution is -2.08. The number of hydrogen-bond donors (Lipinski definition) is 0. The molecule has 0 unspecified atom stereocenters. The van der Waals surface area contributed by atoms with Gasteiger partial charge >= 0.3 is 5.97 Å². The Morgan fingerprint density at radius 3 is 2.69 bits per heavy atom. The lowest BCUT2D eigenvalue weighted by atomic mass is 10.0. The number of nitriles is 1. The average Bonchev–Trinajstić information content (AvgIpc) is 2.31. The van der Waals surface area contributed by atoms with Crippen LogP contribution in [0.4, 0.5) is 4.39 Å². The van der Waals surface area contributed by atoms with Crippen molar-refractivity contribution in [1.29, 1.82) is 5.26 Å². The van der Waals surface area contributed by atoms with Crippen LogP contribution in [0.1, 0.15) is 16.7 Å². The fraction of sp³-hybridized carbons (Fsp3) is 0.273. The fourth-order valence-electron chi connectivity index (χ4n) is 1.26. The summed E-state index contributed by atoms with van der Waals surface area (Å²) in [6.07, 6.45) is -0.195. The zero-order valence-electron chi connectivity index (χ0n) is 8.59. The average molecular weight is 242 g/mol. The Hall–Kier alpha value is -1.60. The van der Waals surface area contributed by atoms with E-state index >= 15 is 0 Å². The van der Waals surface area contributed by atoms with Crippen LogP contribution in [0.3, 0.4) is 0 Å². The van der Waals surface area contributed by atoms with E-state index in [4.69, 9.17) is 16.9 Å². The van der Waals surface area contributed by atoms with Gasteiger partial charge in [0.2, 0.25) is 0 Å². The van der Waals surface area contributed by atoms with E-state index in [1.807, 2.05) is 0 Å². The van der Waals surface area contributed by atoms with Crippen LogP contribution in [0.25, 0.3) is 0 Å². The number of halogens is 2. The minimum atomic E-state index is -0.703. The van der Waals surface area contributed by atoms with Crippen molar-refractivity contribution in [1.82, 2.24) is 0 Å². The molecule has 1 rings (SSSR count). The molecule has 0 saturated heterocycles. The quantitative estimate of drug-likeness (QED) is 0.602. The molecule has 0 aromatic heterocycles.